The van der Waals surface area contributed by atoms with Crippen LogP contribution in [0.1, 0.15) is 31.9 Å². The molecule has 3 nitrogen and oxygen atoms in total. The minimum Gasteiger partial charge on any atom is -0.399 e. The summed E-state index contributed by atoms with van der Waals surface area (Å²) in [6.07, 6.45) is 0.689. The molecular weight excluding hydrogens is 200 g/mol. The molecule has 0 aliphatic rings. The Bertz CT molecular complexity index is 297. The molecule has 0 amide bonds. The van der Waals surface area contributed by atoms with Gasteiger partial charge in [0.05, 0.1) is 6.10 Å². The molecule has 1 aromatic carbocycles. The van der Waals surface area contributed by atoms with Gasteiger partial charge in [-0.3, -0.25) is 0 Å². The van der Waals surface area contributed by atoms with Crippen molar-refractivity contribution in [1.82, 2.24) is 4.90 Å². The van der Waals surface area contributed by atoms with Gasteiger partial charge in [-0.1, -0.05) is 26.0 Å². The second kappa shape index (κ2) is 6.51. The van der Waals surface area contributed by atoms with Crippen LogP contribution in [0.5, 0.6) is 0 Å². The van der Waals surface area contributed by atoms with E-state index in [0.717, 1.165) is 30.8 Å². The number of nitrogens with two attached hydrogens (primary N) is 1. The summed E-state index contributed by atoms with van der Waals surface area (Å²) >= 11 is 0. The lowest BCUT2D eigenvalue weighted by Crippen LogP contribution is -2.29. The molecule has 0 fully saturated rings. The van der Waals surface area contributed by atoms with Gasteiger partial charge < -0.3 is 15.7 Å². The predicted molar refractivity (Wildman–Crippen MR) is 68.2 cm³/mol. The topological polar surface area (TPSA) is 49.5 Å². The van der Waals surface area contributed by atoms with Crippen molar-refractivity contribution in [3.8, 4) is 0 Å². The molecule has 90 valence electrons. The van der Waals surface area contributed by atoms with Gasteiger partial charge in [0, 0.05) is 12.2 Å². The normalized spacial score (nSPS) is 13.0. The lowest BCUT2D eigenvalue weighted by molar-refractivity contribution is 0.116. The van der Waals surface area contributed by atoms with Crippen molar-refractivity contribution >= 4 is 5.69 Å². The largest absolute Gasteiger partial charge is 0.399 e. The average molecular weight is 222 g/mol. The Hall–Kier alpha value is -1.06. The highest BCUT2D eigenvalue weighted by molar-refractivity contribution is 5.39. The van der Waals surface area contributed by atoms with E-state index in [-0.39, 0.29) is 0 Å². The summed E-state index contributed by atoms with van der Waals surface area (Å²) in [5, 5.41) is 10.1. The van der Waals surface area contributed by atoms with Gasteiger partial charge in [0.15, 0.2) is 0 Å². The number of anilines is 1. The molecule has 3 N–H and O–H groups in total. The van der Waals surface area contributed by atoms with Crippen molar-refractivity contribution in [2.24, 2.45) is 0 Å². The van der Waals surface area contributed by atoms with Crippen LogP contribution in [0, 0.1) is 0 Å². The number of hydrogen-bond acceptors (Lipinski definition) is 3. The lowest BCUT2D eigenvalue weighted by atomic mass is 10.1. The van der Waals surface area contributed by atoms with Crippen LogP contribution in [-0.2, 0) is 0 Å². The summed E-state index contributed by atoms with van der Waals surface area (Å²) in [5.41, 5.74) is 7.28. The van der Waals surface area contributed by atoms with Crippen molar-refractivity contribution in [3.63, 3.8) is 0 Å². The molecule has 1 unspecified atom stereocenters. The Balaban J connectivity index is 2.56. The van der Waals surface area contributed by atoms with Gasteiger partial charge >= 0.3 is 0 Å². The second-order valence-corrected chi connectivity index (χ2v) is 4.08. The first-order chi connectivity index (χ1) is 7.67. The van der Waals surface area contributed by atoms with Crippen LogP contribution in [-0.4, -0.2) is 29.6 Å². The van der Waals surface area contributed by atoms with Crippen LogP contribution in [0.25, 0.3) is 0 Å². The minimum absolute atomic E-state index is 0.424. The Kier molecular flexibility index (Phi) is 5.29. The Labute approximate surface area is 97.9 Å². The summed E-state index contributed by atoms with van der Waals surface area (Å²) in [7, 11) is 0. The number of benzene rings is 1. The fourth-order valence-electron chi connectivity index (χ4n) is 1.76. The number of likely N-dealkylation sites (N-methyl/N-ethyl adjacent to an activating group) is 1. The fraction of sp³-hybridized carbons (Fsp3) is 0.538. The molecule has 1 rings (SSSR count). The first kappa shape index (κ1) is 13.0. The number of nitrogens with zero attached hydrogens (tertiary/aromatic N) is 1. The van der Waals surface area contributed by atoms with E-state index in [2.05, 4.69) is 18.7 Å². The molecule has 1 atom stereocenters. The molecule has 3 heteroatoms. The van der Waals surface area contributed by atoms with E-state index in [4.69, 9.17) is 5.73 Å². The van der Waals surface area contributed by atoms with Crippen molar-refractivity contribution in [1.29, 1.82) is 0 Å². The second-order valence-electron chi connectivity index (χ2n) is 4.08. The smallest absolute Gasteiger partial charge is 0.0916 e. The summed E-state index contributed by atoms with van der Waals surface area (Å²) < 4.78 is 0. The van der Waals surface area contributed by atoms with Crippen molar-refractivity contribution in [2.45, 2.75) is 26.4 Å². The molecule has 0 radical (unpaired) electrons. The summed E-state index contributed by atoms with van der Waals surface area (Å²) in [6, 6.07) is 7.43. The number of hydrogen-bond donors (Lipinski definition) is 2. The summed E-state index contributed by atoms with van der Waals surface area (Å²) in [5.74, 6) is 0. The predicted octanol–water partition coefficient (Wildman–Crippen LogP) is 2.03. The molecule has 0 spiro atoms. The highest BCUT2D eigenvalue weighted by Gasteiger charge is 2.11. The van der Waals surface area contributed by atoms with Crippen molar-refractivity contribution in [2.75, 3.05) is 25.4 Å². The number of aliphatic hydroxyl groups is 1. The van der Waals surface area contributed by atoms with Crippen LogP contribution < -0.4 is 5.73 Å². The van der Waals surface area contributed by atoms with Gasteiger partial charge in [-0.2, -0.15) is 0 Å². The highest BCUT2D eigenvalue weighted by Crippen LogP contribution is 2.16. The van der Waals surface area contributed by atoms with E-state index in [1.54, 1.807) is 0 Å². The maximum atomic E-state index is 10.1. The molecule has 0 aliphatic heterocycles. The summed E-state index contributed by atoms with van der Waals surface area (Å²) in [4.78, 5) is 2.25. The van der Waals surface area contributed by atoms with E-state index in [1.807, 2.05) is 24.3 Å². The zero-order valence-corrected chi connectivity index (χ0v) is 10.2. The number of nitrogen functional groups attached to an aromatic ring is 1. The molecular formula is C13H22N2O. The summed E-state index contributed by atoms with van der Waals surface area (Å²) in [6.45, 7) is 6.96. The fourth-order valence-corrected chi connectivity index (χ4v) is 1.76. The van der Waals surface area contributed by atoms with Gasteiger partial charge in [0.1, 0.15) is 0 Å². The van der Waals surface area contributed by atoms with E-state index < -0.39 is 6.10 Å². The molecule has 0 saturated carbocycles. The molecule has 0 aliphatic carbocycles. The van der Waals surface area contributed by atoms with Crippen LogP contribution >= 0.6 is 0 Å². The third-order valence-corrected chi connectivity index (χ3v) is 2.74. The molecule has 1 aromatic rings. The van der Waals surface area contributed by atoms with E-state index in [1.165, 1.54) is 0 Å². The van der Waals surface area contributed by atoms with Gasteiger partial charge in [-0.25, -0.2) is 0 Å². The Morgan fingerprint density at radius 1 is 1.25 bits per heavy atom. The third-order valence-electron chi connectivity index (χ3n) is 2.74. The quantitative estimate of drug-likeness (QED) is 0.724. The number of aliphatic hydroxyl groups excluding tert-OH is 1. The Morgan fingerprint density at radius 3 is 2.38 bits per heavy atom. The SMILES string of the molecule is CCCN(CC)CC(O)c1ccc(N)cc1. The van der Waals surface area contributed by atoms with Gasteiger partial charge in [-0.05, 0) is 37.2 Å². The molecule has 16 heavy (non-hydrogen) atoms. The van der Waals surface area contributed by atoms with Crippen LogP contribution in [0.3, 0.4) is 0 Å². The first-order valence-electron chi connectivity index (χ1n) is 5.93. The number of rotatable bonds is 6. The third kappa shape index (κ3) is 3.83. The van der Waals surface area contributed by atoms with Crippen LogP contribution in [0.15, 0.2) is 24.3 Å². The standard InChI is InChI=1S/C13H22N2O/c1-3-9-15(4-2)10-13(16)11-5-7-12(14)8-6-11/h5-8,13,16H,3-4,9-10,14H2,1-2H3. The van der Waals surface area contributed by atoms with Gasteiger partial charge in [0.25, 0.3) is 0 Å². The van der Waals surface area contributed by atoms with Crippen LogP contribution in [0.2, 0.25) is 0 Å². The lowest BCUT2D eigenvalue weighted by Gasteiger charge is -2.23. The highest BCUT2D eigenvalue weighted by atomic mass is 16.3. The average Bonchev–Trinajstić information content (AvgIpc) is 2.29. The Morgan fingerprint density at radius 2 is 1.88 bits per heavy atom. The molecule has 0 bridgehead atoms. The molecule has 0 saturated heterocycles. The van der Waals surface area contributed by atoms with Gasteiger partial charge in [-0.15, -0.1) is 0 Å². The zero-order valence-electron chi connectivity index (χ0n) is 10.2. The molecule has 0 heterocycles. The molecule has 0 aromatic heterocycles. The maximum Gasteiger partial charge on any atom is 0.0916 e. The van der Waals surface area contributed by atoms with E-state index in [9.17, 15) is 5.11 Å². The maximum absolute atomic E-state index is 10.1. The monoisotopic (exact) mass is 222 g/mol. The van der Waals surface area contributed by atoms with E-state index in [0.29, 0.717) is 6.54 Å². The van der Waals surface area contributed by atoms with E-state index >= 15 is 0 Å². The van der Waals surface area contributed by atoms with Crippen LogP contribution in [0.4, 0.5) is 5.69 Å². The van der Waals surface area contributed by atoms with Crippen molar-refractivity contribution < 1.29 is 5.11 Å². The minimum atomic E-state index is -0.424. The van der Waals surface area contributed by atoms with Gasteiger partial charge in [0.2, 0.25) is 0 Å². The van der Waals surface area contributed by atoms with Crippen molar-refractivity contribution in [3.05, 3.63) is 29.8 Å². The zero-order chi connectivity index (χ0) is 12.0. The first-order valence-corrected chi connectivity index (χ1v) is 5.93.